The van der Waals surface area contributed by atoms with Gasteiger partial charge in [0.05, 0.1) is 38.9 Å². The number of para-hydroxylation sites is 2. The van der Waals surface area contributed by atoms with Crippen molar-refractivity contribution in [3.8, 4) is 22.0 Å². The highest BCUT2D eigenvalue weighted by Gasteiger charge is 2.60. The molecule has 1 aliphatic carbocycles. The molecular weight excluding hydrogens is 420 g/mol. The van der Waals surface area contributed by atoms with Crippen molar-refractivity contribution in [1.82, 2.24) is 9.78 Å². The minimum Gasteiger partial charge on any atom is -0.494 e. The summed E-state index contributed by atoms with van der Waals surface area (Å²) in [6.07, 6.45) is 1.26. The first kappa shape index (κ1) is 20.1. The lowest BCUT2D eigenvalue weighted by Crippen LogP contribution is -2.41. The average Bonchev–Trinajstić information content (AvgIpc) is 3.36. The van der Waals surface area contributed by atoms with Gasteiger partial charge in [-0.1, -0.05) is 23.7 Å². The van der Waals surface area contributed by atoms with Crippen LogP contribution in [0.2, 0.25) is 4.34 Å². The van der Waals surface area contributed by atoms with Crippen LogP contribution in [0.3, 0.4) is 0 Å². The van der Waals surface area contributed by atoms with Gasteiger partial charge >= 0.3 is 0 Å². The quantitative estimate of drug-likeness (QED) is 0.522. The van der Waals surface area contributed by atoms with E-state index in [0.717, 1.165) is 37.6 Å². The minimum absolute atomic E-state index is 0.387. The second-order valence-electron chi connectivity index (χ2n) is 8.95. The Balaban J connectivity index is 1.65. The van der Waals surface area contributed by atoms with Crippen molar-refractivity contribution in [3.63, 3.8) is 0 Å². The van der Waals surface area contributed by atoms with Crippen LogP contribution >= 0.6 is 22.9 Å². The molecule has 1 aromatic carbocycles. The SMILES string of the molecule is COc1ccccc1-n1nc2c(c1-c1ccc(Cl)s1)CC1(C2)OC(C)(C)C(C)(C)O1. The van der Waals surface area contributed by atoms with Crippen LogP contribution in [0.1, 0.15) is 39.0 Å². The van der Waals surface area contributed by atoms with E-state index in [-0.39, 0.29) is 11.2 Å². The number of hydrogen-bond acceptors (Lipinski definition) is 5. The largest absolute Gasteiger partial charge is 0.494 e. The number of benzene rings is 1. The highest BCUT2D eigenvalue weighted by Crippen LogP contribution is 2.52. The standard InChI is InChI=1S/C23H25ClN2O3S/c1-21(2)22(3,4)29-23(28-21)12-14-15(13-23)25-26(16-8-6-7-9-17(16)27-5)20(14)18-10-11-19(24)30-18/h6-11H,12-13H2,1-5H3. The molecule has 3 heterocycles. The maximum Gasteiger partial charge on any atom is 0.179 e. The number of ether oxygens (including phenoxy) is 3. The van der Waals surface area contributed by atoms with Gasteiger partial charge in [-0.25, -0.2) is 4.68 Å². The molecule has 1 saturated heterocycles. The Labute approximate surface area is 185 Å². The van der Waals surface area contributed by atoms with Gasteiger partial charge in [-0.3, -0.25) is 0 Å². The van der Waals surface area contributed by atoms with Gasteiger partial charge in [-0.15, -0.1) is 11.3 Å². The highest BCUT2D eigenvalue weighted by molar-refractivity contribution is 7.19. The van der Waals surface area contributed by atoms with Gasteiger partial charge in [0.2, 0.25) is 0 Å². The number of thiophene rings is 1. The fourth-order valence-electron chi connectivity index (χ4n) is 4.43. The summed E-state index contributed by atoms with van der Waals surface area (Å²) in [7, 11) is 1.68. The molecule has 0 N–H and O–H groups in total. The van der Waals surface area contributed by atoms with Crippen LogP contribution < -0.4 is 4.74 Å². The number of methoxy groups -OCH3 is 1. The fourth-order valence-corrected chi connectivity index (χ4v) is 5.53. The topological polar surface area (TPSA) is 45.5 Å². The van der Waals surface area contributed by atoms with Crippen molar-refractivity contribution in [2.45, 2.75) is 57.5 Å². The highest BCUT2D eigenvalue weighted by atomic mass is 35.5. The van der Waals surface area contributed by atoms with E-state index in [1.807, 2.05) is 41.1 Å². The molecule has 5 rings (SSSR count). The first-order valence-corrected chi connectivity index (χ1v) is 11.2. The van der Waals surface area contributed by atoms with Crippen LogP contribution in [0.4, 0.5) is 0 Å². The van der Waals surface area contributed by atoms with E-state index in [1.165, 1.54) is 0 Å². The van der Waals surface area contributed by atoms with Crippen LogP contribution in [-0.2, 0) is 22.3 Å². The monoisotopic (exact) mass is 444 g/mol. The number of fused-ring (bicyclic) bond motifs is 1. The van der Waals surface area contributed by atoms with Crippen molar-refractivity contribution >= 4 is 22.9 Å². The van der Waals surface area contributed by atoms with Crippen LogP contribution in [0.15, 0.2) is 36.4 Å². The molecule has 1 spiro atoms. The number of hydrogen-bond donors (Lipinski definition) is 0. The van der Waals surface area contributed by atoms with E-state index in [0.29, 0.717) is 12.8 Å². The van der Waals surface area contributed by atoms with Gasteiger partial charge < -0.3 is 14.2 Å². The van der Waals surface area contributed by atoms with Gasteiger partial charge in [0.15, 0.2) is 5.79 Å². The molecular formula is C23H25ClN2O3S. The van der Waals surface area contributed by atoms with Gasteiger partial charge in [0.1, 0.15) is 11.4 Å². The summed E-state index contributed by atoms with van der Waals surface area (Å²) >= 11 is 7.84. The first-order valence-electron chi connectivity index (χ1n) is 10.0. The van der Waals surface area contributed by atoms with Crippen molar-refractivity contribution in [2.24, 2.45) is 0 Å². The average molecular weight is 445 g/mol. The predicted molar refractivity (Wildman–Crippen MR) is 119 cm³/mol. The zero-order chi connectivity index (χ0) is 21.3. The first-order chi connectivity index (χ1) is 14.1. The van der Waals surface area contributed by atoms with Gasteiger partial charge in [0.25, 0.3) is 0 Å². The molecule has 158 valence electrons. The van der Waals surface area contributed by atoms with Crippen LogP contribution in [0.5, 0.6) is 5.75 Å². The molecule has 0 radical (unpaired) electrons. The molecule has 5 nitrogen and oxygen atoms in total. The van der Waals surface area contributed by atoms with Crippen LogP contribution in [-0.4, -0.2) is 33.9 Å². The van der Waals surface area contributed by atoms with Crippen molar-refractivity contribution in [1.29, 1.82) is 0 Å². The normalized spacial score (nSPS) is 20.6. The predicted octanol–water partition coefficient (Wildman–Crippen LogP) is 5.66. The maximum absolute atomic E-state index is 6.52. The summed E-state index contributed by atoms with van der Waals surface area (Å²) < 4.78 is 21.4. The zero-order valence-electron chi connectivity index (χ0n) is 17.8. The molecule has 7 heteroatoms. The molecule has 1 aliphatic heterocycles. The number of aromatic nitrogens is 2. The molecule has 3 aromatic rings. The lowest BCUT2D eigenvalue weighted by atomic mass is 9.90. The summed E-state index contributed by atoms with van der Waals surface area (Å²) in [4.78, 5) is 1.06. The van der Waals surface area contributed by atoms with Crippen molar-refractivity contribution in [3.05, 3.63) is 52.0 Å². The van der Waals surface area contributed by atoms with E-state index in [1.54, 1.807) is 18.4 Å². The van der Waals surface area contributed by atoms with E-state index in [2.05, 4.69) is 27.7 Å². The molecule has 2 aromatic heterocycles. The molecule has 0 unspecified atom stereocenters. The Morgan fingerprint density at radius 3 is 2.37 bits per heavy atom. The van der Waals surface area contributed by atoms with Gasteiger partial charge in [0, 0.05) is 18.4 Å². The second kappa shape index (κ2) is 6.57. The molecule has 0 bridgehead atoms. The molecule has 0 amide bonds. The second-order valence-corrected chi connectivity index (χ2v) is 10.7. The number of nitrogens with zero attached hydrogens (tertiary/aromatic N) is 2. The Kier molecular flexibility index (Phi) is 4.39. The smallest absolute Gasteiger partial charge is 0.179 e. The van der Waals surface area contributed by atoms with E-state index < -0.39 is 5.79 Å². The fraction of sp³-hybridized carbons (Fsp3) is 0.435. The third-order valence-electron chi connectivity index (χ3n) is 6.40. The Bertz CT molecular complexity index is 1120. The van der Waals surface area contributed by atoms with E-state index in [4.69, 9.17) is 30.9 Å². The lowest BCUT2D eigenvalue weighted by molar-refractivity contribution is -0.183. The summed E-state index contributed by atoms with van der Waals surface area (Å²) in [6, 6.07) is 11.9. The number of halogens is 1. The van der Waals surface area contributed by atoms with Gasteiger partial charge in [-0.2, -0.15) is 5.10 Å². The Hall–Kier alpha value is -1.86. The maximum atomic E-state index is 6.52. The molecule has 30 heavy (non-hydrogen) atoms. The Morgan fingerprint density at radius 1 is 1.03 bits per heavy atom. The third kappa shape index (κ3) is 2.93. The van der Waals surface area contributed by atoms with Gasteiger partial charge in [-0.05, 0) is 52.0 Å². The summed E-state index contributed by atoms with van der Waals surface area (Å²) in [5, 5.41) is 5.01. The third-order valence-corrected chi connectivity index (χ3v) is 7.64. The van der Waals surface area contributed by atoms with Crippen LogP contribution in [0, 0.1) is 0 Å². The molecule has 0 atom stereocenters. The zero-order valence-corrected chi connectivity index (χ0v) is 19.4. The Morgan fingerprint density at radius 2 is 1.73 bits per heavy atom. The molecule has 0 saturated carbocycles. The molecule has 1 fully saturated rings. The van der Waals surface area contributed by atoms with Crippen LogP contribution in [0.25, 0.3) is 16.3 Å². The summed E-state index contributed by atoms with van der Waals surface area (Å²) in [5.41, 5.74) is 3.29. The number of rotatable bonds is 3. The van der Waals surface area contributed by atoms with Crippen molar-refractivity contribution in [2.75, 3.05) is 7.11 Å². The summed E-state index contributed by atoms with van der Waals surface area (Å²) in [6.45, 7) is 8.36. The molecule has 2 aliphatic rings. The summed E-state index contributed by atoms with van der Waals surface area (Å²) in [5.74, 6) is 0.0910. The van der Waals surface area contributed by atoms with E-state index >= 15 is 0 Å². The van der Waals surface area contributed by atoms with E-state index in [9.17, 15) is 0 Å². The minimum atomic E-state index is -0.680. The van der Waals surface area contributed by atoms with Crippen molar-refractivity contribution < 1.29 is 14.2 Å². The lowest BCUT2D eigenvalue weighted by Gasteiger charge is -2.30.